The number of likely N-dealkylation sites (tertiary alicyclic amines) is 1. The van der Waals surface area contributed by atoms with Crippen LogP contribution in [0.25, 0.3) is 0 Å². The topological polar surface area (TPSA) is 33.2 Å². The molecule has 1 aliphatic rings. The SMILES string of the molecule is CC1CCCC(C)N1C(=O)c1cc(Cl)ccn1. The molecule has 0 saturated carbocycles. The quantitative estimate of drug-likeness (QED) is 0.769. The van der Waals surface area contributed by atoms with Gasteiger partial charge in [-0.05, 0) is 45.2 Å². The average Bonchev–Trinajstić information content (AvgIpc) is 2.28. The number of amides is 1. The number of carbonyl (C=O) groups excluding carboxylic acids is 1. The van der Waals surface area contributed by atoms with Crippen molar-refractivity contribution in [2.45, 2.75) is 45.2 Å². The highest BCUT2D eigenvalue weighted by Crippen LogP contribution is 2.24. The Morgan fingerprint density at radius 1 is 1.41 bits per heavy atom. The van der Waals surface area contributed by atoms with E-state index in [0.717, 1.165) is 12.8 Å². The maximum atomic E-state index is 12.4. The molecular weight excluding hydrogens is 236 g/mol. The predicted molar refractivity (Wildman–Crippen MR) is 68.2 cm³/mol. The van der Waals surface area contributed by atoms with Crippen molar-refractivity contribution in [2.24, 2.45) is 0 Å². The van der Waals surface area contributed by atoms with Crippen LogP contribution in [0.1, 0.15) is 43.6 Å². The summed E-state index contributed by atoms with van der Waals surface area (Å²) in [5.41, 5.74) is 0.443. The van der Waals surface area contributed by atoms with E-state index in [9.17, 15) is 4.79 Å². The van der Waals surface area contributed by atoms with Crippen LogP contribution in [0.5, 0.6) is 0 Å². The van der Waals surface area contributed by atoms with Gasteiger partial charge in [0.05, 0.1) is 0 Å². The molecule has 1 aromatic heterocycles. The molecule has 0 aliphatic carbocycles. The fraction of sp³-hybridized carbons (Fsp3) is 0.538. The first kappa shape index (κ1) is 12.4. The van der Waals surface area contributed by atoms with E-state index in [1.165, 1.54) is 6.42 Å². The Bertz CT molecular complexity index is 412. The standard InChI is InChI=1S/C13H17ClN2O/c1-9-4-3-5-10(2)16(9)13(17)12-8-11(14)6-7-15-12/h6-10H,3-5H2,1-2H3. The molecule has 1 fully saturated rings. The number of piperidine rings is 1. The number of nitrogens with zero attached hydrogens (tertiary/aromatic N) is 2. The maximum absolute atomic E-state index is 12.4. The van der Waals surface area contributed by atoms with E-state index >= 15 is 0 Å². The largest absolute Gasteiger partial charge is 0.332 e. The first-order valence-electron chi connectivity index (χ1n) is 6.04. The Balaban J connectivity index is 2.24. The van der Waals surface area contributed by atoms with Crippen molar-refractivity contribution in [1.29, 1.82) is 0 Å². The molecule has 1 saturated heterocycles. The summed E-state index contributed by atoms with van der Waals surface area (Å²) in [6, 6.07) is 3.89. The molecule has 1 amide bonds. The zero-order valence-corrected chi connectivity index (χ0v) is 10.9. The summed E-state index contributed by atoms with van der Waals surface area (Å²) in [4.78, 5) is 18.4. The number of pyridine rings is 1. The molecule has 0 aromatic carbocycles. The van der Waals surface area contributed by atoms with E-state index < -0.39 is 0 Å². The van der Waals surface area contributed by atoms with E-state index in [-0.39, 0.29) is 18.0 Å². The Morgan fingerprint density at radius 3 is 2.65 bits per heavy atom. The molecule has 0 N–H and O–H groups in total. The first-order chi connectivity index (χ1) is 8.09. The summed E-state index contributed by atoms with van der Waals surface area (Å²) in [5, 5.41) is 0.556. The molecule has 0 bridgehead atoms. The fourth-order valence-corrected chi connectivity index (χ4v) is 2.64. The molecule has 3 nitrogen and oxygen atoms in total. The van der Waals surface area contributed by atoms with Gasteiger partial charge in [0.1, 0.15) is 5.69 Å². The van der Waals surface area contributed by atoms with Gasteiger partial charge in [0.2, 0.25) is 0 Å². The van der Waals surface area contributed by atoms with Crippen LogP contribution in [0, 0.1) is 0 Å². The van der Waals surface area contributed by atoms with Gasteiger partial charge in [0.15, 0.2) is 0 Å². The van der Waals surface area contributed by atoms with Crippen molar-refractivity contribution in [3.8, 4) is 0 Å². The van der Waals surface area contributed by atoms with Crippen LogP contribution in [0.2, 0.25) is 5.02 Å². The zero-order valence-electron chi connectivity index (χ0n) is 10.2. The van der Waals surface area contributed by atoms with Gasteiger partial charge in [-0.3, -0.25) is 9.78 Å². The Hall–Kier alpha value is -1.09. The van der Waals surface area contributed by atoms with Crippen molar-refractivity contribution < 1.29 is 4.79 Å². The molecule has 1 aliphatic heterocycles. The third-order valence-corrected chi connectivity index (χ3v) is 3.60. The normalized spacial score (nSPS) is 24.8. The van der Waals surface area contributed by atoms with E-state index in [1.807, 2.05) is 4.90 Å². The van der Waals surface area contributed by atoms with Crippen molar-refractivity contribution in [3.63, 3.8) is 0 Å². The summed E-state index contributed by atoms with van der Waals surface area (Å²) in [6.45, 7) is 4.19. The average molecular weight is 253 g/mol. The molecule has 2 unspecified atom stereocenters. The van der Waals surface area contributed by atoms with Crippen LogP contribution in [0.15, 0.2) is 18.3 Å². The molecule has 2 heterocycles. The highest BCUT2D eigenvalue weighted by atomic mass is 35.5. The fourth-order valence-electron chi connectivity index (χ4n) is 2.48. The van der Waals surface area contributed by atoms with Crippen LogP contribution < -0.4 is 0 Å². The highest BCUT2D eigenvalue weighted by Gasteiger charge is 2.30. The van der Waals surface area contributed by atoms with Crippen molar-refractivity contribution >= 4 is 17.5 Å². The van der Waals surface area contributed by atoms with Gasteiger partial charge in [-0.25, -0.2) is 0 Å². The van der Waals surface area contributed by atoms with E-state index in [4.69, 9.17) is 11.6 Å². The lowest BCUT2D eigenvalue weighted by atomic mass is 9.97. The van der Waals surface area contributed by atoms with Gasteiger partial charge in [0.25, 0.3) is 5.91 Å². The molecule has 0 radical (unpaired) electrons. The lowest BCUT2D eigenvalue weighted by molar-refractivity contribution is 0.0504. The lowest BCUT2D eigenvalue weighted by Crippen LogP contribution is -2.47. The molecule has 0 spiro atoms. The molecule has 2 atom stereocenters. The van der Waals surface area contributed by atoms with Gasteiger partial charge >= 0.3 is 0 Å². The molecule has 92 valence electrons. The maximum Gasteiger partial charge on any atom is 0.272 e. The third-order valence-electron chi connectivity index (χ3n) is 3.37. The number of hydrogen-bond donors (Lipinski definition) is 0. The van der Waals surface area contributed by atoms with Crippen LogP contribution in [-0.4, -0.2) is 27.9 Å². The van der Waals surface area contributed by atoms with Crippen molar-refractivity contribution in [3.05, 3.63) is 29.0 Å². The van der Waals surface area contributed by atoms with E-state index in [0.29, 0.717) is 10.7 Å². The van der Waals surface area contributed by atoms with Crippen molar-refractivity contribution in [1.82, 2.24) is 9.88 Å². The molecule has 4 heteroatoms. The van der Waals surface area contributed by atoms with Crippen LogP contribution in [0.4, 0.5) is 0 Å². The summed E-state index contributed by atoms with van der Waals surface area (Å²) in [5.74, 6) is -0.00722. The molecular formula is C13H17ClN2O. The highest BCUT2D eigenvalue weighted by molar-refractivity contribution is 6.30. The lowest BCUT2D eigenvalue weighted by Gasteiger charge is -2.38. The molecule has 2 rings (SSSR count). The van der Waals surface area contributed by atoms with Crippen LogP contribution in [0.3, 0.4) is 0 Å². The second-order valence-electron chi connectivity index (χ2n) is 4.70. The van der Waals surface area contributed by atoms with Gasteiger partial charge in [0, 0.05) is 23.3 Å². The number of halogens is 1. The van der Waals surface area contributed by atoms with Gasteiger partial charge < -0.3 is 4.90 Å². The molecule has 17 heavy (non-hydrogen) atoms. The number of rotatable bonds is 1. The third kappa shape index (κ3) is 2.60. The van der Waals surface area contributed by atoms with E-state index in [2.05, 4.69) is 18.8 Å². The first-order valence-corrected chi connectivity index (χ1v) is 6.41. The Kier molecular flexibility index (Phi) is 3.67. The summed E-state index contributed by atoms with van der Waals surface area (Å²) >= 11 is 5.89. The van der Waals surface area contributed by atoms with Crippen LogP contribution in [-0.2, 0) is 0 Å². The minimum atomic E-state index is -0.00722. The van der Waals surface area contributed by atoms with Gasteiger partial charge in [-0.2, -0.15) is 0 Å². The number of carbonyl (C=O) groups is 1. The van der Waals surface area contributed by atoms with Crippen LogP contribution >= 0.6 is 11.6 Å². The monoisotopic (exact) mass is 252 g/mol. The minimum absolute atomic E-state index is 0.00722. The van der Waals surface area contributed by atoms with Gasteiger partial charge in [-0.1, -0.05) is 11.6 Å². The molecule has 1 aromatic rings. The zero-order chi connectivity index (χ0) is 12.4. The Morgan fingerprint density at radius 2 is 2.06 bits per heavy atom. The Labute approximate surface area is 107 Å². The number of hydrogen-bond acceptors (Lipinski definition) is 2. The van der Waals surface area contributed by atoms with E-state index in [1.54, 1.807) is 18.3 Å². The summed E-state index contributed by atoms with van der Waals surface area (Å²) in [7, 11) is 0. The number of aromatic nitrogens is 1. The minimum Gasteiger partial charge on any atom is -0.332 e. The predicted octanol–water partition coefficient (Wildman–Crippen LogP) is 3.14. The summed E-state index contributed by atoms with van der Waals surface area (Å²) in [6.07, 6.45) is 4.90. The second kappa shape index (κ2) is 5.05. The second-order valence-corrected chi connectivity index (χ2v) is 5.14. The summed E-state index contributed by atoms with van der Waals surface area (Å²) < 4.78 is 0. The van der Waals surface area contributed by atoms with Crippen molar-refractivity contribution in [2.75, 3.05) is 0 Å². The smallest absolute Gasteiger partial charge is 0.272 e. The van der Waals surface area contributed by atoms with Gasteiger partial charge in [-0.15, -0.1) is 0 Å².